The number of hydrogen-bond acceptors (Lipinski definition) is 7. The summed E-state index contributed by atoms with van der Waals surface area (Å²) in [6.07, 6.45) is -3.80. The quantitative estimate of drug-likeness (QED) is 0.207. The SMILES string of the molecule is Cc1oc(-c2ccccc2C(F)(F)F)nc1N1N=C(c2ccccc2[N+](=O)[O-])CC1N1CCc2ccccc2C1. The molecule has 0 bridgehead atoms. The van der Waals surface area contributed by atoms with Gasteiger partial charge in [-0.2, -0.15) is 23.3 Å². The third kappa shape index (κ3) is 4.62. The van der Waals surface area contributed by atoms with Crippen LogP contribution < -0.4 is 5.01 Å². The topological polar surface area (TPSA) is 88.0 Å². The van der Waals surface area contributed by atoms with Crippen molar-refractivity contribution >= 4 is 17.2 Å². The van der Waals surface area contributed by atoms with E-state index in [9.17, 15) is 23.3 Å². The van der Waals surface area contributed by atoms with Crippen LogP contribution in [0.5, 0.6) is 0 Å². The van der Waals surface area contributed by atoms with Gasteiger partial charge in [-0.05, 0) is 42.7 Å². The Bertz CT molecular complexity index is 1630. The predicted octanol–water partition coefficient (Wildman–Crippen LogP) is 6.58. The van der Waals surface area contributed by atoms with Crippen LogP contribution in [0.1, 0.15) is 34.4 Å². The Balaban J connectivity index is 1.43. The van der Waals surface area contributed by atoms with Crippen LogP contribution in [0.2, 0.25) is 0 Å². The van der Waals surface area contributed by atoms with Gasteiger partial charge in [0.05, 0.1) is 21.8 Å². The summed E-state index contributed by atoms with van der Waals surface area (Å²) in [6, 6.07) is 19.7. The molecule has 3 aromatic carbocycles. The normalized spacial score (nSPS) is 17.6. The van der Waals surface area contributed by atoms with Crippen molar-refractivity contribution in [1.82, 2.24) is 9.88 Å². The minimum absolute atomic E-state index is 0.0671. The van der Waals surface area contributed by atoms with E-state index in [0.29, 0.717) is 36.5 Å². The molecule has 1 atom stereocenters. The number of benzene rings is 3. The van der Waals surface area contributed by atoms with Crippen LogP contribution in [0.15, 0.2) is 82.3 Å². The molecule has 0 saturated heterocycles. The summed E-state index contributed by atoms with van der Waals surface area (Å²) in [6.45, 7) is 2.96. The molecule has 0 spiro atoms. The Morgan fingerprint density at radius 2 is 1.65 bits per heavy atom. The van der Waals surface area contributed by atoms with E-state index in [0.717, 1.165) is 12.5 Å². The molecule has 8 nitrogen and oxygen atoms in total. The molecule has 0 N–H and O–H groups in total. The van der Waals surface area contributed by atoms with E-state index in [4.69, 9.17) is 9.52 Å². The van der Waals surface area contributed by atoms with Gasteiger partial charge in [-0.25, -0.2) is 5.01 Å². The molecular formula is C29H24F3N5O3. The average molecular weight is 548 g/mol. The van der Waals surface area contributed by atoms with Gasteiger partial charge in [0.1, 0.15) is 11.9 Å². The van der Waals surface area contributed by atoms with Crippen LogP contribution >= 0.6 is 0 Å². The number of nitro groups is 1. The molecular weight excluding hydrogens is 523 g/mol. The number of halogens is 3. The van der Waals surface area contributed by atoms with Crippen molar-refractivity contribution in [3.8, 4) is 11.5 Å². The van der Waals surface area contributed by atoms with E-state index in [1.165, 1.54) is 35.4 Å². The standard InChI is InChI=1S/C29H24F3N5O3/c1-18-27(33-28(40-18)21-10-4-6-12-23(21)29(30,31)32)36-26(35-15-14-19-8-2-3-9-20(19)17-35)16-24(34-36)22-11-5-7-13-25(22)37(38)39/h2-13,26H,14-17H2,1H3. The Labute approximate surface area is 227 Å². The zero-order valence-electron chi connectivity index (χ0n) is 21.4. The molecule has 1 unspecified atom stereocenters. The fraction of sp³-hybridized carbons (Fsp3) is 0.241. The van der Waals surface area contributed by atoms with Crippen molar-refractivity contribution < 1.29 is 22.5 Å². The number of aryl methyl sites for hydroxylation is 1. The maximum atomic E-state index is 13.7. The zero-order chi connectivity index (χ0) is 28.0. The molecule has 3 heterocycles. The van der Waals surface area contributed by atoms with Crippen molar-refractivity contribution in [3.05, 3.63) is 111 Å². The molecule has 1 aromatic heterocycles. The number of aromatic nitrogens is 1. The summed E-state index contributed by atoms with van der Waals surface area (Å²) >= 11 is 0. The number of alkyl halides is 3. The molecule has 0 saturated carbocycles. The zero-order valence-corrected chi connectivity index (χ0v) is 21.4. The van der Waals surface area contributed by atoms with Crippen LogP contribution in [-0.4, -0.2) is 33.2 Å². The predicted molar refractivity (Wildman–Crippen MR) is 143 cm³/mol. The van der Waals surface area contributed by atoms with Gasteiger partial charge >= 0.3 is 6.18 Å². The lowest BCUT2D eigenvalue weighted by Gasteiger charge is -2.36. The first-order valence-corrected chi connectivity index (χ1v) is 12.8. The van der Waals surface area contributed by atoms with Gasteiger partial charge in [0.25, 0.3) is 5.69 Å². The number of nitro benzene ring substituents is 1. The Morgan fingerprint density at radius 1 is 0.975 bits per heavy atom. The Kier molecular flexibility index (Phi) is 6.38. The van der Waals surface area contributed by atoms with E-state index < -0.39 is 16.7 Å². The minimum Gasteiger partial charge on any atom is -0.439 e. The summed E-state index contributed by atoms with van der Waals surface area (Å²) in [5.41, 5.74) is 2.23. The number of oxazole rings is 1. The third-order valence-corrected chi connectivity index (χ3v) is 7.33. The lowest BCUT2D eigenvalue weighted by molar-refractivity contribution is -0.385. The lowest BCUT2D eigenvalue weighted by Crippen LogP contribution is -2.46. The first-order chi connectivity index (χ1) is 19.2. The van der Waals surface area contributed by atoms with Crippen molar-refractivity contribution in [2.24, 2.45) is 5.10 Å². The molecule has 6 rings (SSSR count). The number of hydrazone groups is 1. The van der Waals surface area contributed by atoms with Gasteiger partial charge < -0.3 is 4.42 Å². The summed E-state index contributed by atoms with van der Waals surface area (Å²) in [7, 11) is 0. The lowest BCUT2D eigenvalue weighted by atomic mass is 9.98. The number of para-hydroxylation sites is 1. The number of nitrogens with zero attached hydrogens (tertiary/aromatic N) is 5. The second-order valence-corrected chi connectivity index (χ2v) is 9.78. The number of fused-ring (bicyclic) bond motifs is 1. The van der Waals surface area contributed by atoms with Crippen molar-refractivity contribution in [3.63, 3.8) is 0 Å². The highest BCUT2D eigenvalue weighted by atomic mass is 19.4. The van der Waals surface area contributed by atoms with E-state index >= 15 is 0 Å². The smallest absolute Gasteiger partial charge is 0.417 e. The van der Waals surface area contributed by atoms with Crippen LogP contribution in [0.25, 0.3) is 11.5 Å². The van der Waals surface area contributed by atoms with E-state index in [-0.39, 0.29) is 29.1 Å². The fourth-order valence-electron chi connectivity index (χ4n) is 5.41. The van der Waals surface area contributed by atoms with Crippen LogP contribution in [0.4, 0.5) is 24.7 Å². The maximum absolute atomic E-state index is 13.7. The van der Waals surface area contributed by atoms with Crippen molar-refractivity contribution in [2.45, 2.75) is 38.7 Å². The largest absolute Gasteiger partial charge is 0.439 e. The first-order valence-electron chi connectivity index (χ1n) is 12.8. The Morgan fingerprint density at radius 3 is 2.40 bits per heavy atom. The highest BCUT2D eigenvalue weighted by Crippen LogP contribution is 2.40. The van der Waals surface area contributed by atoms with Gasteiger partial charge in [0, 0.05) is 31.1 Å². The molecule has 204 valence electrons. The molecule has 0 fully saturated rings. The van der Waals surface area contributed by atoms with Gasteiger partial charge in [-0.3, -0.25) is 15.0 Å². The van der Waals surface area contributed by atoms with Gasteiger partial charge in [-0.15, -0.1) is 0 Å². The van der Waals surface area contributed by atoms with Crippen molar-refractivity contribution in [1.29, 1.82) is 0 Å². The highest BCUT2D eigenvalue weighted by molar-refractivity contribution is 6.06. The number of anilines is 1. The highest BCUT2D eigenvalue weighted by Gasteiger charge is 2.40. The van der Waals surface area contributed by atoms with Crippen LogP contribution in [0, 0.1) is 17.0 Å². The Hall–Kier alpha value is -4.51. The van der Waals surface area contributed by atoms with Crippen LogP contribution in [-0.2, 0) is 19.1 Å². The van der Waals surface area contributed by atoms with E-state index in [1.807, 2.05) is 12.1 Å². The minimum atomic E-state index is -4.59. The van der Waals surface area contributed by atoms with E-state index in [1.54, 1.807) is 30.1 Å². The van der Waals surface area contributed by atoms with Gasteiger partial charge in [-0.1, -0.05) is 48.5 Å². The molecule has 0 amide bonds. The van der Waals surface area contributed by atoms with Gasteiger partial charge in [0.15, 0.2) is 5.82 Å². The summed E-state index contributed by atoms with van der Waals surface area (Å²) in [4.78, 5) is 18.1. The molecule has 40 heavy (non-hydrogen) atoms. The fourth-order valence-corrected chi connectivity index (χ4v) is 5.41. The monoisotopic (exact) mass is 547 g/mol. The summed E-state index contributed by atoms with van der Waals surface area (Å²) in [5, 5.41) is 18.2. The first kappa shape index (κ1) is 25.8. The molecule has 4 aromatic rings. The second kappa shape index (κ2) is 9.91. The average Bonchev–Trinajstić information content (AvgIpc) is 3.56. The third-order valence-electron chi connectivity index (χ3n) is 7.33. The van der Waals surface area contributed by atoms with E-state index in [2.05, 4.69) is 22.0 Å². The molecule has 0 radical (unpaired) electrons. The maximum Gasteiger partial charge on any atom is 0.417 e. The number of hydrogen-bond donors (Lipinski definition) is 0. The molecule has 2 aliphatic heterocycles. The van der Waals surface area contributed by atoms with Crippen LogP contribution in [0.3, 0.4) is 0 Å². The second-order valence-electron chi connectivity index (χ2n) is 9.78. The number of rotatable bonds is 5. The van der Waals surface area contributed by atoms with Crippen molar-refractivity contribution in [2.75, 3.05) is 11.6 Å². The molecule has 0 aliphatic carbocycles. The summed E-state index contributed by atoms with van der Waals surface area (Å²) in [5.74, 6) is 0.392. The van der Waals surface area contributed by atoms with Gasteiger partial charge in [0.2, 0.25) is 5.89 Å². The summed E-state index contributed by atoms with van der Waals surface area (Å²) < 4.78 is 47.0. The molecule has 2 aliphatic rings. The molecule has 11 heteroatoms.